The Morgan fingerprint density at radius 1 is 0.783 bits per heavy atom. The van der Waals surface area contributed by atoms with Crippen molar-refractivity contribution < 1.29 is 0 Å². The van der Waals surface area contributed by atoms with Crippen LogP contribution in [-0.2, 0) is 0 Å². The molecular formula is C17H36N6. The standard InChI is InChI=1S/C12H27N.C5H9N5/c1-3-5-7-8-9-10-12-13-11-6-4-2;1-2-9-10-5-7-3-6-4-8-5/h13H,3-12H2,1-2H3;3-4,9H,2H2,1H3,(H,6,7,8,10). The molecule has 0 bridgehead atoms. The third-order valence-electron chi connectivity index (χ3n) is 3.28. The number of hydrogen-bond donors (Lipinski definition) is 3. The van der Waals surface area contributed by atoms with Crippen molar-refractivity contribution in [3.8, 4) is 0 Å². The van der Waals surface area contributed by atoms with E-state index in [0.29, 0.717) is 5.95 Å². The second-order valence-electron chi connectivity index (χ2n) is 5.49. The van der Waals surface area contributed by atoms with Gasteiger partial charge >= 0.3 is 0 Å². The van der Waals surface area contributed by atoms with Crippen LogP contribution in [0, 0.1) is 0 Å². The summed E-state index contributed by atoms with van der Waals surface area (Å²) in [5, 5.41) is 3.48. The Kier molecular flexibility index (Phi) is 17.7. The van der Waals surface area contributed by atoms with E-state index in [0.717, 1.165) is 6.54 Å². The summed E-state index contributed by atoms with van der Waals surface area (Å²) in [6.07, 6.45) is 13.9. The molecule has 23 heavy (non-hydrogen) atoms. The summed E-state index contributed by atoms with van der Waals surface area (Å²) < 4.78 is 0. The van der Waals surface area contributed by atoms with Crippen LogP contribution < -0.4 is 16.2 Å². The molecule has 0 aliphatic carbocycles. The van der Waals surface area contributed by atoms with Crippen LogP contribution in [0.15, 0.2) is 12.7 Å². The lowest BCUT2D eigenvalue weighted by Crippen LogP contribution is -2.22. The van der Waals surface area contributed by atoms with E-state index in [1.807, 2.05) is 6.92 Å². The van der Waals surface area contributed by atoms with Crippen molar-refractivity contribution in [2.75, 3.05) is 25.1 Å². The molecule has 0 aromatic carbocycles. The topological polar surface area (TPSA) is 74.8 Å². The van der Waals surface area contributed by atoms with Crippen LogP contribution in [0.5, 0.6) is 0 Å². The van der Waals surface area contributed by atoms with Crippen LogP contribution in [0.25, 0.3) is 0 Å². The first-order valence-electron chi connectivity index (χ1n) is 9.16. The molecule has 0 aliphatic rings. The summed E-state index contributed by atoms with van der Waals surface area (Å²) >= 11 is 0. The molecule has 0 radical (unpaired) electrons. The number of anilines is 1. The van der Waals surface area contributed by atoms with E-state index < -0.39 is 0 Å². The van der Waals surface area contributed by atoms with Gasteiger partial charge in [0.2, 0.25) is 5.95 Å². The van der Waals surface area contributed by atoms with Crippen molar-refractivity contribution in [1.82, 2.24) is 25.7 Å². The highest BCUT2D eigenvalue weighted by Gasteiger charge is 1.90. The number of aromatic nitrogens is 3. The molecule has 0 unspecified atom stereocenters. The summed E-state index contributed by atoms with van der Waals surface area (Å²) in [4.78, 5) is 11.3. The zero-order valence-electron chi connectivity index (χ0n) is 15.3. The number of rotatable bonds is 13. The Hall–Kier alpha value is -1.27. The maximum atomic E-state index is 3.82. The fourth-order valence-electron chi connectivity index (χ4n) is 1.93. The van der Waals surface area contributed by atoms with Gasteiger partial charge in [0.25, 0.3) is 0 Å². The second kappa shape index (κ2) is 18.8. The van der Waals surface area contributed by atoms with Crippen molar-refractivity contribution in [3.05, 3.63) is 12.7 Å². The maximum Gasteiger partial charge on any atom is 0.240 e. The number of nitrogens with one attached hydrogen (secondary N) is 3. The average Bonchev–Trinajstić information content (AvgIpc) is 2.60. The maximum absolute atomic E-state index is 3.82. The molecule has 6 nitrogen and oxygen atoms in total. The summed E-state index contributed by atoms with van der Waals surface area (Å²) in [6, 6.07) is 0. The fourth-order valence-corrected chi connectivity index (χ4v) is 1.93. The Morgan fingerprint density at radius 2 is 1.39 bits per heavy atom. The van der Waals surface area contributed by atoms with Crippen LogP contribution in [0.2, 0.25) is 0 Å². The molecule has 1 aromatic rings. The van der Waals surface area contributed by atoms with E-state index in [-0.39, 0.29) is 0 Å². The Balaban J connectivity index is 0.000000433. The molecule has 0 fully saturated rings. The van der Waals surface area contributed by atoms with Crippen molar-refractivity contribution in [2.24, 2.45) is 0 Å². The van der Waals surface area contributed by atoms with Gasteiger partial charge in [0.1, 0.15) is 12.7 Å². The highest BCUT2D eigenvalue weighted by molar-refractivity contribution is 5.17. The van der Waals surface area contributed by atoms with Gasteiger partial charge < -0.3 is 5.32 Å². The fraction of sp³-hybridized carbons (Fsp3) is 0.824. The smallest absolute Gasteiger partial charge is 0.240 e. The van der Waals surface area contributed by atoms with Gasteiger partial charge in [-0.05, 0) is 25.9 Å². The molecule has 1 aromatic heterocycles. The lowest BCUT2D eigenvalue weighted by molar-refractivity contribution is 0.563. The Morgan fingerprint density at radius 3 is 2.04 bits per heavy atom. The summed E-state index contributed by atoms with van der Waals surface area (Å²) in [6.45, 7) is 9.76. The van der Waals surface area contributed by atoms with E-state index in [9.17, 15) is 0 Å². The van der Waals surface area contributed by atoms with E-state index in [4.69, 9.17) is 0 Å². The molecule has 134 valence electrons. The van der Waals surface area contributed by atoms with Gasteiger partial charge in [-0.25, -0.2) is 20.4 Å². The minimum Gasteiger partial charge on any atom is -0.317 e. The van der Waals surface area contributed by atoms with E-state index in [1.54, 1.807) is 0 Å². The Labute approximate surface area is 142 Å². The molecule has 0 atom stereocenters. The highest BCUT2D eigenvalue weighted by atomic mass is 15.4. The van der Waals surface area contributed by atoms with Gasteiger partial charge in [-0.1, -0.05) is 59.3 Å². The summed E-state index contributed by atoms with van der Waals surface area (Å²) in [5.74, 6) is 0.539. The van der Waals surface area contributed by atoms with Crippen LogP contribution >= 0.6 is 0 Å². The third kappa shape index (κ3) is 16.9. The highest BCUT2D eigenvalue weighted by Crippen LogP contribution is 2.03. The van der Waals surface area contributed by atoms with Crippen LogP contribution in [0.1, 0.15) is 72.1 Å². The average molecular weight is 325 g/mol. The minimum atomic E-state index is 0.539. The molecule has 0 amide bonds. The van der Waals surface area contributed by atoms with Gasteiger partial charge in [-0.15, -0.1) is 0 Å². The van der Waals surface area contributed by atoms with Crippen LogP contribution in [0.3, 0.4) is 0 Å². The molecule has 3 N–H and O–H groups in total. The lowest BCUT2D eigenvalue weighted by atomic mass is 10.1. The van der Waals surface area contributed by atoms with Crippen molar-refractivity contribution >= 4 is 5.95 Å². The molecule has 0 aliphatic heterocycles. The molecule has 1 rings (SSSR count). The SMILES string of the molecule is CCCCCCCCNCCCC.CCNNc1ncncn1. The second-order valence-corrected chi connectivity index (χ2v) is 5.49. The first-order valence-corrected chi connectivity index (χ1v) is 9.16. The van der Waals surface area contributed by atoms with Gasteiger partial charge in [-0.3, -0.25) is 5.43 Å². The summed E-state index contributed by atoms with van der Waals surface area (Å²) in [7, 11) is 0. The predicted molar refractivity (Wildman–Crippen MR) is 98.3 cm³/mol. The van der Waals surface area contributed by atoms with Crippen LogP contribution in [-0.4, -0.2) is 34.6 Å². The summed E-state index contributed by atoms with van der Waals surface area (Å²) in [5.41, 5.74) is 5.64. The zero-order chi connectivity index (χ0) is 17.0. The van der Waals surface area contributed by atoms with E-state index in [2.05, 4.69) is 45.0 Å². The monoisotopic (exact) mass is 324 g/mol. The van der Waals surface area contributed by atoms with Gasteiger partial charge in [0, 0.05) is 6.54 Å². The van der Waals surface area contributed by atoms with E-state index >= 15 is 0 Å². The quantitative estimate of drug-likeness (QED) is 0.381. The molecule has 0 saturated heterocycles. The van der Waals surface area contributed by atoms with Gasteiger partial charge in [0.15, 0.2) is 0 Å². The van der Waals surface area contributed by atoms with E-state index in [1.165, 1.54) is 77.1 Å². The zero-order valence-corrected chi connectivity index (χ0v) is 15.3. The van der Waals surface area contributed by atoms with Crippen molar-refractivity contribution in [2.45, 2.75) is 72.1 Å². The van der Waals surface area contributed by atoms with Crippen molar-refractivity contribution in [1.29, 1.82) is 0 Å². The normalized spacial score (nSPS) is 10.0. The molecule has 1 heterocycles. The first-order chi connectivity index (χ1) is 11.3. The number of hydrogen-bond acceptors (Lipinski definition) is 6. The lowest BCUT2D eigenvalue weighted by Gasteiger charge is -2.03. The predicted octanol–water partition coefficient (Wildman–Crippen LogP) is 3.54. The van der Waals surface area contributed by atoms with Gasteiger partial charge in [-0.2, -0.15) is 0 Å². The third-order valence-corrected chi connectivity index (χ3v) is 3.28. The Bertz CT molecular complexity index is 310. The van der Waals surface area contributed by atoms with Crippen molar-refractivity contribution in [3.63, 3.8) is 0 Å². The molecule has 6 heteroatoms. The molecular weight excluding hydrogens is 288 g/mol. The first kappa shape index (κ1) is 21.7. The van der Waals surface area contributed by atoms with Crippen LogP contribution in [0.4, 0.5) is 5.95 Å². The molecule has 0 spiro atoms. The number of hydrazine groups is 1. The largest absolute Gasteiger partial charge is 0.317 e. The molecule has 0 saturated carbocycles. The number of unbranched alkanes of at least 4 members (excludes halogenated alkanes) is 6. The number of nitrogens with zero attached hydrogens (tertiary/aromatic N) is 3. The van der Waals surface area contributed by atoms with Gasteiger partial charge in [0.05, 0.1) is 0 Å². The minimum absolute atomic E-state index is 0.539.